The van der Waals surface area contributed by atoms with Crippen LogP contribution in [0.3, 0.4) is 0 Å². The van der Waals surface area contributed by atoms with Gasteiger partial charge in [0.1, 0.15) is 17.7 Å². The average molecular weight is 435 g/mol. The highest BCUT2D eigenvalue weighted by atomic mass is 19.4. The summed E-state index contributed by atoms with van der Waals surface area (Å²) in [5.74, 6) is -1.89. The van der Waals surface area contributed by atoms with Gasteiger partial charge < -0.3 is 15.2 Å². The first kappa shape index (κ1) is 22.1. The van der Waals surface area contributed by atoms with Crippen LogP contribution in [0.5, 0.6) is 5.88 Å². The van der Waals surface area contributed by atoms with Crippen molar-refractivity contribution in [1.29, 1.82) is 0 Å². The number of nitrogens with one attached hydrogen (secondary N) is 1. The summed E-state index contributed by atoms with van der Waals surface area (Å²) >= 11 is 0. The molecule has 0 spiro atoms. The van der Waals surface area contributed by atoms with E-state index in [-0.39, 0.29) is 17.6 Å². The predicted octanol–water partition coefficient (Wildman–Crippen LogP) is 4.47. The first-order valence-corrected chi connectivity index (χ1v) is 9.22. The van der Waals surface area contributed by atoms with Crippen molar-refractivity contribution >= 4 is 23.0 Å². The van der Waals surface area contributed by atoms with Gasteiger partial charge in [0.15, 0.2) is 0 Å². The third-order valence-electron chi connectivity index (χ3n) is 4.21. The van der Waals surface area contributed by atoms with Crippen molar-refractivity contribution in [2.45, 2.75) is 39.1 Å². The molecule has 10 heteroatoms. The van der Waals surface area contributed by atoms with Crippen molar-refractivity contribution in [2.24, 2.45) is 0 Å². The average Bonchev–Trinajstić information content (AvgIpc) is 2.96. The molecule has 164 valence electrons. The number of hydrogen-bond donors (Lipinski definition) is 2. The molecule has 0 atom stereocenters. The SMILES string of the molecule is CC(C)(C)NC(=O)n1c(O)c(C(=O)OCc2ccccc2)c2ncc(C(F)(F)F)cc21. The van der Waals surface area contributed by atoms with Crippen molar-refractivity contribution in [3.63, 3.8) is 0 Å². The largest absolute Gasteiger partial charge is 0.493 e. The lowest BCUT2D eigenvalue weighted by molar-refractivity contribution is -0.137. The van der Waals surface area contributed by atoms with Crippen LogP contribution < -0.4 is 5.32 Å². The number of amides is 1. The Morgan fingerprint density at radius 3 is 2.39 bits per heavy atom. The van der Waals surface area contributed by atoms with Gasteiger partial charge in [0.25, 0.3) is 0 Å². The molecule has 2 aromatic heterocycles. The molecule has 3 aromatic rings. The second kappa shape index (κ2) is 7.93. The van der Waals surface area contributed by atoms with Gasteiger partial charge in [-0.25, -0.2) is 14.2 Å². The van der Waals surface area contributed by atoms with Crippen LogP contribution in [0, 0.1) is 0 Å². The highest BCUT2D eigenvalue weighted by Crippen LogP contribution is 2.35. The van der Waals surface area contributed by atoms with Gasteiger partial charge in [-0.3, -0.25) is 4.98 Å². The second-order valence-corrected chi connectivity index (χ2v) is 7.87. The maximum absolute atomic E-state index is 13.2. The van der Waals surface area contributed by atoms with Crippen LogP contribution in [0.15, 0.2) is 42.6 Å². The number of benzene rings is 1. The number of carbonyl (C=O) groups excluding carboxylic acids is 2. The van der Waals surface area contributed by atoms with Crippen LogP contribution in [-0.2, 0) is 17.5 Å². The van der Waals surface area contributed by atoms with E-state index in [0.29, 0.717) is 22.4 Å². The molecule has 31 heavy (non-hydrogen) atoms. The zero-order chi connectivity index (χ0) is 23.0. The van der Waals surface area contributed by atoms with Gasteiger partial charge in [0.2, 0.25) is 5.88 Å². The van der Waals surface area contributed by atoms with E-state index in [0.717, 1.165) is 0 Å². The number of fused-ring (bicyclic) bond motifs is 1. The number of nitrogens with zero attached hydrogens (tertiary/aromatic N) is 2. The second-order valence-electron chi connectivity index (χ2n) is 7.87. The monoisotopic (exact) mass is 435 g/mol. The van der Waals surface area contributed by atoms with Crippen molar-refractivity contribution < 1.29 is 32.6 Å². The highest BCUT2D eigenvalue weighted by molar-refractivity contribution is 6.08. The Kier molecular flexibility index (Phi) is 5.66. The Morgan fingerprint density at radius 1 is 1.16 bits per heavy atom. The number of hydrogen-bond acceptors (Lipinski definition) is 5. The number of esters is 1. The molecule has 0 radical (unpaired) electrons. The van der Waals surface area contributed by atoms with Crippen molar-refractivity contribution in [1.82, 2.24) is 14.9 Å². The van der Waals surface area contributed by atoms with Crippen molar-refractivity contribution in [3.05, 3.63) is 59.3 Å². The van der Waals surface area contributed by atoms with E-state index in [4.69, 9.17) is 4.74 Å². The molecule has 0 saturated heterocycles. The van der Waals surface area contributed by atoms with Crippen LogP contribution in [0.25, 0.3) is 11.0 Å². The lowest BCUT2D eigenvalue weighted by Crippen LogP contribution is -2.42. The minimum absolute atomic E-state index is 0.138. The fraction of sp³-hybridized carbons (Fsp3) is 0.286. The summed E-state index contributed by atoms with van der Waals surface area (Å²) < 4.78 is 45.3. The lowest BCUT2D eigenvalue weighted by Gasteiger charge is -2.21. The molecule has 0 aliphatic rings. The topological polar surface area (TPSA) is 93.5 Å². The summed E-state index contributed by atoms with van der Waals surface area (Å²) in [7, 11) is 0. The van der Waals surface area contributed by atoms with E-state index >= 15 is 0 Å². The van der Waals surface area contributed by atoms with E-state index in [1.165, 1.54) is 0 Å². The number of aromatic hydroxyl groups is 1. The Labute approximate surface area is 175 Å². The molecule has 0 saturated carbocycles. The fourth-order valence-electron chi connectivity index (χ4n) is 2.87. The summed E-state index contributed by atoms with van der Waals surface area (Å²) in [5.41, 5.74) is -2.39. The molecule has 0 bridgehead atoms. The lowest BCUT2D eigenvalue weighted by atomic mass is 10.1. The summed E-state index contributed by atoms with van der Waals surface area (Å²) in [6.07, 6.45) is -4.21. The molecular formula is C21H20F3N3O4. The van der Waals surface area contributed by atoms with Crippen molar-refractivity contribution in [3.8, 4) is 5.88 Å². The highest BCUT2D eigenvalue weighted by Gasteiger charge is 2.35. The Morgan fingerprint density at radius 2 is 1.81 bits per heavy atom. The molecular weight excluding hydrogens is 415 g/mol. The molecule has 0 aliphatic heterocycles. The molecule has 2 heterocycles. The van der Waals surface area contributed by atoms with Gasteiger partial charge in [0.05, 0.1) is 11.1 Å². The smallest absolute Gasteiger partial charge is 0.417 e. The van der Waals surface area contributed by atoms with Gasteiger partial charge in [0, 0.05) is 11.7 Å². The van der Waals surface area contributed by atoms with E-state index in [1.54, 1.807) is 51.1 Å². The molecule has 2 N–H and O–H groups in total. The molecule has 0 unspecified atom stereocenters. The van der Waals surface area contributed by atoms with Gasteiger partial charge in [-0.1, -0.05) is 30.3 Å². The number of pyridine rings is 1. The third-order valence-corrected chi connectivity index (χ3v) is 4.21. The molecule has 3 rings (SSSR count). The van der Waals surface area contributed by atoms with E-state index in [9.17, 15) is 27.9 Å². The number of ether oxygens (including phenoxy) is 1. The summed E-state index contributed by atoms with van der Waals surface area (Å²) in [6, 6.07) is 8.41. The molecule has 1 amide bonds. The van der Waals surface area contributed by atoms with Crippen LogP contribution >= 0.6 is 0 Å². The number of aromatic nitrogens is 2. The first-order chi connectivity index (χ1) is 14.4. The third kappa shape index (κ3) is 4.79. The van der Waals surface area contributed by atoms with Gasteiger partial charge in [-0.15, -0.1) is 0 Å². The molecule has 0 fully saturated rings. The van der Waals surface area contributed by atoms with Gasteiger partial charge >= 0.3 is 18.2 Å². The number of rotatable bonds is 3. The van der Waals surface area contributed by atoms with Gasteiger partial charge in [-0.2, -0.15) is 13.2 Å². The first-order valence-electron chi connectivity index (χ1n) is 9.22. The quantitative estimate of drug-likeness (QED) is 0.592. The van der Waals surface area contributed by atoms with Crippen LogP contribution in [0.2, 0.25) is 0 Å². The molecule has 1 aromatic carbocycles. The van der Waals surface area contributed by atoms with E-state index in [2.05, 4.69) is 10.3 Å². The Hall–Kier alpha value is -3.56. The normalized spacial score (nSPS) is 12.1. The summed E-state index contributed by atoms with van der Waals surface area (Å²) in [4.78, 5) is 29.1. The zero-order valence-corrected chi connectivity index (χ0v) is 16.9. The number of halogens is 3. The van der Waals surface area contributed by atoms with Crippen molar-refractivity contribution in [2.75, 3.05) is 0 Å². The Balaban J connectivity index is 2.09. The van der Waals surface area contributed by atoms with E-state index < -0.39 is 40.7 Å². The standard InChI is InChI=1S/C21H20F3N3O4/c1-20(2,3)26-19(30)27-14-9-13(21(22,23)24)10-25-16(14)15(17(27)28)18(29)31-11-12-7-5-4-6-8-12/h4-10,28H,11H2,1-3H3,(H,26,30). The fourth-order valence-corrected chi connectivity index (χ4v) is 2.87. The minimum atomic E-state index is -4.74. The predicted molar refractivity (Wildman–Crippen MR) is 106 cm³/mol. The maximum atomic E-state index is 13.2. The van der Waals surface area contributed by atoms with E-state index in [1.807, 2.05) is 0 Å². The number of carbonyl (C=O) groups is 2. The zero-order valence-electron chi connectivity index (χ0n) is 16.9. The van der Waals surface area contributed by atoms with Crippen LogP contribution in [0.1, 0.15) is 42.3 Å². The molecule has 0 aliphatic carbocycles. The Bertz CT molecular complexity index is 1130. The summed E-state index contributed by atoms with van der Waals surface area (Å²) in [5, 5.41) is 13.2. The minimum Gasteiger partial charge on any atom is -0.493 e. The summed E-state index contributed by atoms with van der Waals surface area (Å²) in [6.45, 7) is 4.83. The molecule has 7 nitrogen and oxygen atoms in total. The number of alkyl halides is 3. The van der Waals surface area contributed by atoms with Crippen LogP contribution in [-0.4, -0.2) is 32.2 Å². The maximum Gasteiger partial charge on any atom is 0.417 e. The van der Waals surface area contributed by atoms with Crippen LogP contribution in [0.4, 0.5) is 18.0 Å². The van der Waals surface area contributed by atoms with Gasteiger partial charge in [-0.05, 0) is 32.4 Å².